The van der Waals surface area contributed by atoms with Gasteiger partial charge in [-0.1, -0.05) is 91.0 Å². The van der Waals surface area contributed by atoms with Gasteiger partial charge in [-0.05, 0) is 123 Å². The SMILES string of the molecule is C=C(CCCC(C)C)[C@H]1CCC2C3CC=C4C[C@@H](CC(CC)CCC)CC[C@]4(C)C3CC[C@@]21C. The second-order valence-electron chi connectivity index (χ2n) is 14.3. The predicted molar refractivity (Wildman–Crippen MR) is 150 cm³/mol. The minimum atomic E-state index is 0.513. The summed E-state index contributed by atoms with van der Waals surface area (Å²) in [6.45, 7) is 19.6. The van der Waals surface area contributed by atoms with Crippen LogP contribution in [0.1, 0.15) is 138 Å². The fourth-order valence-corrected chi connectivity index (χ4v) is 9.89. The Morgan fingerprint density at radius 1 is 1.03 bits per heavy atom. The molecule has 0 heterocycles. The molecule has 0 radical (unpaired) electrons. The van der Waals surface area contributed by atoms with Gasteiger partial charge in [0.05, 0.1) is 0 Å². The van der Waals surface area contributed by atoms with E-state index in [9.17, 15) is 0 Å². The molecule has 4 unspecified atom stereocenters. The fourth-order valence-electron chi connectivity index (χ4n) is 9.89. The summed E-state index contributed by atoms with van der Waals surface area (Å²) < 4.78 is 0. The minimum absolute atomic E-state index is 0.513. The van der Waals surface area contributed by atoms with Crippen LogP contribution in [0.5, 0.6) is 0 Å². The van der Waals surface area contributed by atoms with Crippen LogP contribution in [0, 0.1) is 52.3 Å². The quantitative estimate of drug-likeness (QED) is 0.281. The highest BCUT2D eigenvalue weighted by atomic mass is 14.6. The van der Waals surface area contributed by atoms with Crippen molar-refractivity contribution in [1.82, 2.24) is 0 Å². The molecular formula is C34H58. The molecule has 0 aromatic rings. The number of fused-ring (bicyclic) bond motifs is 5. The van der Waals surface area contributed by atoms with Crippen molar-refractivity contribution in [2.24, 2.45) is 52.3 Å². The number of allylic oxidation sites excluding steroid dienone is 3. The summed E-state index contributed by atoms with van der Waals surface area (Å²) >= 11 is 0. The number of hydrogen-bond donors (Lipinski definition) is 0. The highest BCUT2D eigenvalue weighted by Crippen LogP contribution is 2.67. The van der Waals surface area contributed by atoms with E-state index in [0.29, 0.717) is 10.8 Å². The van der Waals surface area contributed by atoms with Gasteiger partial charge in [0.2, 0.25) is 0 Å². The zero-order chi connectivity index (χ0) is 24.5. The first-order chi connectivity index (χ1) is 16.2. The molecule has 8 atom stereocenters. The zero-order valence-electron chi connectivity index (χ0n) is 23.9. The van der Waals surface area contributed by atoms with Gasteiger partial charge >= 0.3 is 0 Å². The van der Waals surface area contributed by atoms with E-state index in [1.165, 1.54) is 96.3 Å². The minimum Gasteiger partial charge on any atom is -0.0996 e. The van der Waals surface area contributed by atoms with Crippen LogP contribution >= 0.6 is 0 Å². The Morgan fingerprint density at radius 3 is 2.53 bits per heavy atom. The van der Waals surface area contributed by atoms with Gasteiger partial charge in [0, 0.05) is 0 Å². The van der Waals surface area contributed by atoms with Crippen molar-refractivity contribution in [3.63, 3.8) is 0 Å². The lowest BCUT2D eigenvalue weighted by Crippen LogP contribution is -2.50. The van der Waals surface area contributed by atoms with Crippen LogP contribution in [0.3, 0.4) is 0 Å². The Balaban J connectivity index is 1.43. The normalized spacial score (nSPS) is 40.3. The Hall–Kier alpha value is -0.520. The van der Waals surface area contributed by atoms with E-state index in [1.54, 1.807) is 5.57 Å². The van der Waals surface area contributed by atoms with Gasteiger partial charge in [0.15, 0.2) is 0 Å². The van der Waals surface area contributed by atoms with Crippen molar-refractivity contribution in [2.45, 2.75) is 138 Å². The molecule has 0 spiro atoms. The molecule has 4 aliphatic carbocycles. The molecule has 0 N–H and O–H groups in total. The van der Waals surface area contributed by atoms with Crippen LogP contribution in [0.2, 0.25) is 0 Å². The summed E-state index contributed by atoms with van der Waals surface area (Å²) in [7, 11) is 0. The third-order valence-electron chi connectivity index (χ3n) is 11.9. The standard InChI is InChI=1S/C34H58/c1-8-11-26(9-2)22-27-18-20-33(6)28(23-27)14-15-29-31-17-16-30(25(5)13-10-12-24(3)4)34(31,7)21-19-32(29)33/h14,24,26-27,29-32H,5,8-13,15-23H2,1-4,6-7H3/t26?,27-,29?,30-,31?,32?,33+,34-/m1/s1. The molecule has 194 valence electrons. The molecule has 0 saturated heterocycles. The second-order valence-corrected chi connectivity index (χ2v) is 14.3. The van der Waals surface area contributed by atoms with E-state index in [1.807, 2.05) is 5.57 Å². The van der Waals surface area contributed by atoms with Gasteiger partial charge in [-0.15, -0.1) is 0 Å². The van der Waals surface area contributed by atoms with Gasteiger partial charge in [0.1, 0.15) is 0 Å². The predicted octanol–water partition coefficient (Wildman–Crippen LogP) is 10.8. The lowest BCUT2D eigenvalue weighted by atomic mass is 9.46. The molecule has 0 amide bonds. The van der Waals surface area contributed by atoms with Crippen LogP contribution in [-0.2, 0) is 0 Å². The summed E-state index contributed by atoms with van der Waals surface area (Å²) in [5.74, 6) is 6.40. The molecule has 4 aliphatic rings. The summed E-state index contributed by atoms with van der Waals surface area (Å²) in [6, 6.07) is 0. The maximum Gasteiger partial charge on any atom is -0.00851 e. The molecule has 3 saturated carbocycles. The van der Waals surface area contributed by atoms with Crippen molar-refractivity contribution >= 4 is 0 Å². The van der Waals surface area contributed by atoms with E-state index in [4.69, 9.17) is 6.58 Å². The van der Waals surface area contributed by atoms with Crippen LogP contribution in [0.15, 0.2) is 23.8 Å². The van der Waals surface area contributed by atoms with E-state index >= 15 is 0 Å². The number of rotatable bonds is 10. The number of hydrogen-bond acceptors (Lipinski definition) is 0. The first kappa shape index (κ1) is 26.5. The van der Waals surface area contributed by atoms with Crippen LogP contribution in [0.4, 0.5) is 0 Å². The second kappa shape index (κ2) is 10.8. The van der Waals surface area contributed by atoms with Gasteiger partial charge in [0.25, 0.3) is 0 Å². The molecule has 3 fully saturated rings. The Bertz CT molecular complexity index is 726. The highest BCUT2D eigenvalue weighted by molar-refractivity contribution is 5.26. The Kier molecular flexibility index (Phi) is 8.47. The molecule has 0 aliphatic heterocycles. The van der Waals surface area contributed by atoms with E-state index in [0.717, 1.165) is 41.4 Å². The highest BCUT2D eigenvalue weighted by Gasteiger charge is 2.58. The van der Waals surface area contributed by atoms with Crippen molar-refractivity contribution in [2.75, 3.05) is 0 Å². The fraction of sp³-hybridized carbons (Fsp3) is 0.882. The third kappa shape index (κ3) is 5.00. The maximum atomic E-state index is 4.69. The van der Waals surface area contributed by atoms with Crippen LogP contribution in [0.25, 0.3) is 0 Å². The lowest BCUT2D eigenvalue weighted by molar-refractivity contribution is -0.0404. The van der Waals surface area contributed by atoms with Gasteiger partial charge in [-0.3, -0.25) is 0 Å². The molecule has 34 heavy (non-hydrogen) atoms. The molecule has 0 heteroatoms. The summed E-state index contributed by atoms with van der Waals surface area (Å²) in [4.78, 5) is 0. The van der Waals surface area contributed by atoms with Gasteiger partial charge in [-0.25, -0.2) is 0 Å². The Labute approximate surface area is 213 Å². The Morgan fingerprint density at radius 2 is 1.82 bits per heavy atom. The van der Waals surface area contributed by atoms with Crippen molar-refractivity contribution in [1.29, 1.82) is 0 Å². The van der Waals surface area contributed by atoms with Crippen molar-refractivity contribution in [3.8, 4) is 0 Å². The van der Waals surface area contributed by atoms with Crippen molar-refractivity contribution < 1.29 is 0 Å². The van der Waals surface area contributed by atoms with Crippen molar-refractivity contribution in [3.05, 3.63) is 23.8 Å². The van der Waals surface area contributed by atoms with Gasteiger partial charge < -0.3 is 0 Å². The lowest BCUT2D eigenvalue weighted by Gasteiger charge is -2.58. The summed E-state index contributed by atoms with van der Waals surface area (Å²) in [6.07, 6.45) is 24.1. The van der Waals surface area contributed by atoms with Crippen LogP contribution in [-0.4, -0.2) is 0 Å². The van der Waals surface area contributed by atoms with E-state index in [2.05, 4.69) is 47.6 Å². The first-order valence-electron chi connectivity index (χ1n) is 15.6. The van der Waals surface area contributed by atoms with Crippen LogP contribution < -0.4 is 0 Å². The van der Waals surface area contributed by atoms with E-state index < -0.39 is 0 Å². The summed E-state index contributed by atoms with van der Waals surface area (Å²) in [5, 5.41) is 0. The van der Waals surface area contributed by atoms with Gasteiger partial charge in [-0.2, -0.15) is 0 Å². The molecule has 4 rings (SSSR count). The molecular weight excluding hydrogens is 408 g/mol. The van der Waals surface area contributed by atoms with E-state index in [-0.39, 0.29) is 0 Å². The summed E-state index contributed by atoms with van der Waals surface area (Å²) in [5.41, 5.74) is 4.55. The molecule has 0 nitrogen and oxygen atoms in total. The molecule has 0 aromatic heterocycles. The monoisotopic (exact) mass is 466 g/mol. The average Bonchev–Trinajstić information content (AvgIpc) is 3.16. The average molecular weight is 467 g/mol. The smallest absolute Gasteiger partial charge is 0.00851 e. The first-order valence-corrected chi connectivity index (χ1v) is 15.6. The molecule has 0 bridgehead atoms. The largest absolute Gasteiger partial charge is 0.0996 e. The maximum absolute atomic E-state index is 4.69. The molecule has 0 aromatic carbocycles. The third-order valence-corrected chi connectivity index (χ3v) is 11.9. The zero-order valence-corrected chi connectivity index (χ0v) is 23.9. The topological polar surface area (TPSA) is 0 Å².